The lowest BCUT2D eigenvalue weighted by molar-refractivity contribution is -0.0193. The molecule has 3 aromatic rings. The van der Waals surface area contributed by atoms with E-state index in [1.807, 2.05) is 43.0 Å². The fraction of sp³-hybridized carbons (Fsp3) is 0.360. The average molecular weight is 383 g/mol. The van der Waals surface area contributed by atoms with E-state index in [0.717, 1.165) is 12.1 Å². The molecular weight excluding hydrogens is 358 g/mol. The highest BCUT2D eigenvalue weighted by molar-refractivity contribution is 5.43. The monoisotopic (exact) mass is 383 g/mol. The number of aryl methyl sites for hydroxylation is 1. The predicted molar refractivity (Wildman–Crippen MR) is 111 cm³/mol. The fourth-order valence-corrected chi connectivity index (χ4v) is 5.18. The first kappa shape index (κ1) is 18.1. The Kier molecular flexibility index (Phi) is 4.91. The van der Waals surface area contributed by atoms with Crippen molar-refractivity contribution in [1.29, 1.82) is 5.26 Å². The largest absolute Gasteiger partial charge is 0.368 e. The summed E-state index contributed by atoms with van der Waals surface area (Å²) in [6.45, 7) is 1.49. The number of hydrogen-bond donors (Lipinski definition) is 0. The number of aromatic nitrogens is 2. The summed E-state index contributed by atoms with van der Waals surface area (Å²) in [6.07, 6.45) is 10.8. The molecule has 0 radical (unpaired) electrons. The van der Waals surface area contributed by atoms with Crippen molar-refractivity contribution in [2.24, 2.45) is 5.92 Å². The molecule has 0 amide bonds. The summed E-state index contributed by atoms with van der Waals surface area (Å²) in [5.41, 5.74) is 6.26. The molecule has 0 bridgehead atoms. The van der Waals surface area contributed by atoms with Crippen LogP contribution in [-0.4, -0.2) is 9.55 Å². The molecule has 146 valence electrons. The van der Waals surface area contributed by atoms with Crippen LogP contribution in [-0.2, 0) is 24.3 Å². The van der Waals surface area contributed by atoms with E-state index >= 15 is 0 Å². The van der Waals surface area contributed by atoms with Crippen molar-refractivity contribution < 1.29 is 4.74 Å². The van der Waals surface area contributed by atoms with Crippen molar-refractivity contribution >= 4 is 0 Å². The Morgan fingerprint density at radius 3 is 2.86 bits per heavy atom. The Balaban J connectivity index is 1.45. The van der Waals surface area contributed by atoms with Crippen LogP contribution >= 0.6 is 0 Å². The smallest absolute Gasteiger partial charge is 0.0991 e. The number of rotatable bonds is 5. The van der Waals surface area contributed by atoms with Crippen LogP contribution in [0.3, 0.4) is 0 Å². The van der Waals surface area contributed by atoms with Crippen LogP contribution in [0.15, 0.2) is 61.2 Å². The van der Waals surface area contributed by atoms with E-state index in [1.54, 1.807) is 5.56 Å². The zero-order valence-electron chi connectivity index (χ0n) is 16.5. The number of ether oxygens (including phenoxy) is 1. The van der Waals surface area contributed by atoms with Gasteiger partial charge in [-0.2, -0.15) is 5.26 Å². The lowest BCUT2D eigenvalue weighted by Gasteiger charge is -2.41. The van der Waals surface area contributed by atoms with E-state index in [4.69, 9.17) is 10.00 Å². The van der Waals surface area contributed by atoms with Gasteiger partial charge in [-0.05, 0) is 66.0 Å². The average Bonchev–Trinajstić information content (AvgIpc) is 3.27. The molecular formula is C25H25N3O. The van der Waals surface area contributed by atoms with Gasteiger partial charge >= 0.3 is 0 Å². The van der Waals surface area contributed by atoms with Gasteiger partial charge in [0.2, 0.25) is 0 Å². The first-order chi connectivity index (χ1) is 14.3. The molecule has 5 rings (SSSR count). The van der Waals surface area contributed by atoms with Crippen molar-refractivity contribution in [3.63, 3.8) is 0 Å². The highest BCUT2D eigenvalue weighted by Gasteiger charge is 2.38. The molecule has 0 fully saturated rings. The molecule has 0 saturated heterocycles. The Labute approximate surface area is 171 Å². The summed E-state index contributed by atoms with van der Waals surface area (Å²) in [7, 11) is 0. The lowest BCUT2D eigenvalue weighted by atomic mass is 9.68. The topological polar surface area (TPSA) is 50.8 Å². The quantitative estimate of drug-likeness (QED) is 0.612. The SMILES string of the molecule is N#Cc1ccc(COC2c3cccc4c3C(CCC4)CC2Cn2ccnc2)cc1. The second kappa shape index (κ2) is 7.85. The zero-order valence-corrected chi connectivity index (χ0v) is 16.5. The van der Waals surface area contributed by atoms with E-state index < -0.39 is 0 Å². The maximum atomic E-state index is 9.02. The van der Waals surface area contributed by atoms with Crippen molar-refractivity contribution in [2.75, 3.05) is 0 Å². The van der Waals surface area contributed by atoms with E-state index in [1.165, 1.54) is 36.8 Å². The minimum Gasteiger partial charge on any atom is -0.368 e. The maximum Gasteiger partial charge on any atom is 0.0991 e. The molecule has 1 heterocycles. The molecule has 0 saturated carbocycles. The van der Waals surface area contributed by atoms with Crippen LogP contribution < -0.4 is 0 Å². The number of hydrogen-bond acceptors (Lipinski definition) is 3. The minimum absolute atomic E-state index is 0.0809. The summed E-state index contributed by atoms with van der Waals surface area (Å²) < 4.78 is 8.77. The van der Waals surface area contributed by atoms with E-state index in [0.29, 0.717) is 24.0 Å². The Morgan fingerprint density at radius 2 is 2.07 bits per heavy atom. The molecule has 3 atom stereocenters. The predicted octanol–water partition coefficient (Wildman–Crippen LogP) is 5.15. The zero-order chi connectivity index (χ0) is 19.6. The van der Waals surface area contributed by atoms with E-state index in [-0.39, 0.29) is 6.10 Å². The summed E-state index contributed by atoms with van der Waals surface area (Å²) in [5, 5.41) is 9.02. The molecule has 0 aliphatic heterocycles. The van der Waals surface area contributed by atoms with Crippen molar-refractivity contribution in [3.05, 3.63) is 89.0 Å². The molecule has 4 heteroatoms. The molecule has 2 aromatic carbocycles. The molecule has 0 spiro atoms. The van der Waals surface area contributed by atoms with Gasteiger partial charge in [-0.15, -0.1) is 0 Å². The second-order valence-electron chi connectivity index (χ2n) is 8.30. The summed E-state index contributed by atoms with van der Waals surface area (Å²) in [6, 6.07) is 16.7. The summed E-state index contributed by atoms with van der Waals surface area (Å²) in [4.78, 5) is 4.23. The van der Waals surface area contributed by atoms with Crippen LogP contribution in [0.1, 0.15) is 59.1 Å². The maximum absolute atomic E-state index is 9.02. The van der Waals surface area contributed by atoms with Gasteiger partial charge in [0.05, 0.1) is 30.7 Å². The first-order valence-electron chi connectivity index (χ1n) is 10.5. The van der Waals surface area contributed by atoms with Crippen LogP contribution in [0.4, 0.5) is 0 Å². The van der Waals surface area contributed by atoms with Crippen LogP contribution in [0, 0.1) is 17.2 Å². The van der Waals surface area contributed by atoms with Crippen LogP contribution in [0.5, 0.6) is 0 Å². The van der Waals surface area contributed by atoms with Gasteiger partial charge in [0.25, 0.3) is 0 Å². The van der Waals surface area contributed by atoms with E-state index in [2.05, 4.69) is 33.8 Å². The van der Waals surface area contributed by atoms with Crippen LogP contribution in [0.25, 0.3) is 0 Å². The Hall–Kier alpha value is -2.90. The molecule has 3 unspecified atom stereocenters. The molecule has 2 aliphatic rings. The highest BCUT2D eigenvalue weighted by Crippen LogP contribution is 2.49. The molecule has 2 aliphatic carbocycles. The minimum atomic E-state index is 0.0809. The normalized spacial score (nSPS) is 22.7. The van der Waals surface area contributed by atoms with Crippen LogP contribution in [0.2, 0.25) is 0 Å². The first-order valence-corrected chi connectivity index (χ1v) is 10.5. The number of nitrogens with zero attached hydrogens (tertiary/aromatic N) is 3. The highest BCUT2D eigenvalue weighted by atomic mass is 16.5. The lowest BCUT2D eigenvalue weighted by Crippen LogP contribution is -2.31. The second-order valence-corrected chi connectivity index (χ2v) is 8.30. The van der Waals surface area contributed by atoms with Gasteiger partial charge < -0.3 is 9.30 Å². The summed E-state index contributed by atoms with van der Waals surface area (Å²) >= 11 is 0. The van der Waals surface area contributed by atoms with Crippen molar-refractivity contribution in [3.8, 4) is 6.07 Å². The van der Waals surface area contributed by atoms with Crippen molar-refractivity contribution in [2.45, 2.75) is 50.9 Å². The van der Waals surface area contributed by atoms with E-state index in [9.17, 15) is 0 Å². The fourth-order valence-electron chi connectivity index (χ4n) is 5.18. The Morgan fingerprint density at radius 1 is 1.17 bits per heavy atom. The number of imidazole rings is 1. The van der Waals surface area contributed by atoms with Gasteiger partial charge in [-0.3, -0.25) is 0 Å². The third-order valence-electron chi connectivity index (χ3n) is 6.48. The van der Waals surface area contributed by atoms with Crippen molar-refractivity contribution in [1.82, 2.24) is 9.55 Å². The van der Waals surface area contributed by atoms with Gasteiger partial charge in [-0.1, -0.05) is 30.3 Å². The third kappa shape index (κ3) is 3.59. The number of benzene rings is 2. The molecule has 4 nitrogen and oxygen atoms in total. The third-order valence-corrected chi connectivity index (χ3v) is 6.48. The van der Waals surface area contributed by atoms with Gasteiger partial charge in [0, 0.05) is 24.9 Å². The molecule has 0 N–H and O–H groups in total. The standard InChI is InChI=1S/C25H25N3O/c26-14-18-7-9-19(10-8-18)16-29-25-22(15-28-12-11-27-17-28)13-21-5-1-3-20-4-2-6-23(25)24(20)21/h2,4,6-12,17,21-22,25H,1,3,5,13,15-16H2. The molecule has 29 heavy (non-hydrogen) atoms. The van der Waals surface area contributed by atoms with Gasteiger partial charge in [0.1, 0.15) is 0 Å². The van der Waals surface area contributed by atoms with Gasteiger partial charge in [-0.25, -0.2) is 4.98 Å². The molecule has 1 aromatic heterocycles. The number of nitriles is 1. The summed E-state index contributed by atoms with van der Waals surface area (Å²) in [5.74, 6) is 1.08. The Bertz CT molecular complexity index is 1020. The van der Waals surface area contributed by atoms with Gasteiger partial charge in [0.15, 0.2) is 0 Å².